The minimum absolute atomic E-state index is 0.0632. The number of anilines is 3. The summed E-state index contributed by atoms with van der Waals surface area (Å²) < 4.78 is 34.4. The number of urea groups is 1. The lowest BCUT2D eigenvalue weighted by atomic mass is 10.0. The molecule has 0 saturated carbocycles. The van der Waals surface area contributed by atoms with E-state index in [0.29, 0.717) is 16.9 Å². The summed E-state index contributed by atoms with van der Waals surface area (Å²) in [5.41, 5.74) is 0.575. The highest BCUT2D eigenvalue weighted by molar-refractivity contribution is 6.23. The number of hydrogen-bond acceptors (Lipinski definition) is 8. The molecule has 0 bridgehead atoms. The Hall–Kier alpha value is -5.11. The van der Waals surface area contributed by atoms with Gasteiger partial charge in [0.25, 0.3) is 0 Å². The zero-order chi connectivity index (χ0) is 30.0. The zero-order valence-electron chi connectivity index (χ0n) is 22.6. The molecule has 2 atom stereocenters. The fraction of sp³-hybridized carbons (Fsp3) is 0.250. The number of aromatic amines is 1. The number of nitrogens with zero attached hydrogens (tertiary/aromatic N) is 4. The van der Waals surface area contributed by atoms with Crippen LogP contribution in [-0.4, -0.2) is 68.8 Å². The minimum atomic E-state index is -1.29. The quantitative estimate of drug-likeness (QED) is 0.218. The van der Waals surface area contributed by atoms with E-state index in [9.17, 15) is 23.9 Å². The predicted molar refractivity (Wildman–Crippen MR) is 149 cm³/mol. The van der Waals surface area contributed by atoms with Crippen LogP contribution in [0.4, 0.5) is 30.8 Å². The number of pyridine rings is 1. The Morgan fingerprint density at radius 3 is 2.62 bits per heavy atom. The van der Waals surface area contributed by atoms with E-state index in [1.807, 2.05) is 0 Å². The fourth-order valence-electron chi connectivity index (χ4n) is 4.46. The van der Waals surface area contributed by atoms with Crippen LogP contribution in [0.25, 0.3) is 11.0 Å². The summed E-state index contributed by atoms with van der Waals surface area (Å²) in [5, 5.41) is 22.3. The first-order valence-electron chi connectivity index (χ1n) is 13.1. The van der Waals surface area contributed by atoms with Gasteiger partial charge < -0.3 is 25.4 Å². The van der Waals surface area contributed by atoms with E-state index in [4.69, 9.17) is 4.74 Å². The highest BCUT2D eigenvalue weighted by Crippen LogP contribution is 2.35. The van der Waals surface area contributed by atoms with E-state index in [0.717, 1.165) is 23.1 Å². The van der Waals surface area contributed by atoms with Crippen LogP contribution in [0.1, 0.15) is 13.8 Å². The SMILES string of the molecule is CCN1CC(C(=O)Nc2ccc(Oc3ccnc4[nH]nc(N[C@@H](C)CO)c34)c(F)c2)C(=O)N(c2ccc(F)cc2)C1=O. The third kappa shape index (κ3) is 5.56. The average Bonchev–Trinajstić information content (AvgIpc) is 3.39. The number of nitrogens with one attached hydrogen (secondary N) is 3. The molecule has 3 heterocycles. The molecule has 0 radical (unpaired) electrons. The van der Waals surface area contributed by atoms with Gasteiger partial charge in [0.15, 0.2) is 23.0 Å². The summed E-state index contributed by atoms with van der Waals surface area (Å²) in [5.74, 6) is -3.69. The van der Waals surface area contributed by atoms with E-state index < -0.39 is 35.4 Å². The van der Waals surface area contributed by atoms with Crippen molar-refractivity contribution in [2.75, 3.05) is 35.2 Å². The average molecular weight is 580 g/mol. The lowest BCUT2D eigenvalue weighted by Crippen LogP contribution is -2.59. The first-order chi connectivity index (χ1) is 20.2. The molecule has 1 aliphatic heterocycles. The summed E-state index contributed by atoms with van der Waals surface area (Å²) in [7, 11) is 0. The molecule has 218 valence electrons. The molecule has 42 heavy (non-hydrogen) atoms. The number of aliphatic hydroxyl groups excluding tert-OH is 1. The maximum atomic E-state index is 15.2. The first kappa shape index (κ1) is 28.4. The highest BCUT2D eigenvalue weighted by Gasteiger charge is 2.43. The Labute approximate surface area is 238 Å². The Kier molecular flexibility index (Phi) is 7.97. The van der Waals surface area contributed by atoms with E-state index in [-0.39, 0.29) is 48.6 Å². The van der Waals surface area contributed by atoms with E-state index in [2.05, 4.69) is 25.8 Å². The monoisotopic (exact) mass is 579 g/mol. The van der Waals surface area contributed by atoms with Crippen molar-refractivity contribution in [3.05, 3.63) is 66.4 Å². The van der Waals surface area contributed by atoms with E-state index in [1.165, 1.54) is 41.4 Å². The number of rotatable bonds is 9. The Bertz CT molecular complexity index is 1650. The second-order valence-electron chi connectivity index (χ2n) is 9.59. The van der Waals surface area contributed by atoms with Crippen molar-refractivity contribution in [1.29, 1.82) is 0 Å². The van der Waals surface area contributed by atoms with Crippen LogP contribution in [0, 0.1) is 17.6 Å². The van der Waals surface area contributed by atoms with Crippen molar-refractivity contribution < 1.29 is 33.0 Å². The minimum Gasteiger partial charge on any atom is -0.453 e. The van der Waals surface area contributed by atoms with Crippen LogP contribution >= 0.6 is 0 Å². The van der Waals surface area contributed by atoms with Gasteiger partial charge >= 0.3 is 6.03 Å². The lowest BCUT2D eigenvalue weighted by molar-refractivity contribution is -0.132. The molecule has 0 spiro atoms. The number of aliphatic hydroxyl groups is 1. The molecule has 1 aliphatic rings. The van der Waals surface area contributed by atoms with Crippen molar-refractivity contribution >= 4 is 46.1 Å². The number of benzene rings is 2. The van der Waals surface area contributed by atoms with Crippen molar-refractivity contribution in [2.45, 2.75) is 19.9 Å². The molecule has 1 saturated heterocycles. The number of fused-ring (bicyclic) bond motifs is 1. The number of aromatic nitrogens is 3. The molecule has 1 unspecified atom stereocenters. The van der Waals surface area contributed by atoms with Gasteiger partial charge in [0.1, 0.15) is 22.9 Å². The molecule has 12 nitrogen and oxygen atoms in total. The largest absolute Gasteiger partial charge is 0.453 e. The molecule has 4 amide bonds. The first-order valence-corrected chi connectivity index (χ1v) is 13.1. The van der Waals surface area contributed by atoms with Crippen LogP contribution in [0.15, 0.2) is 54.7 Å². The molecule has 2 aromatic heterocycles. The van der Waals surface area contributed by atoms with E-state index >= 15 is 4.39 Å². The fourth-order valence-corrected chi connectivity index (χ4v) is 4.46. The van der Waals surface area contributed by atoms with Gasteiger partial charge in [-0.25, -0.2) is 23.5 Å². The Balaban J connectivity index is 1.34. The van der Waals surface area contributed by atoms with E-state index in [1.54, 1.807) is 13.8 Å². The standard InChI is InChI=1S/C28H27F2N7O5/c1-3-36-13-19(27(40)37(28(36)41)18-7-4-16(29)5-8-18)26(39)33-17-6-9-21(20(30)12-17)42-22-10-11-31-24-23(22)25(35-34-24)32-15(2)14-38/h4-12,15,19,38H,3,13-14H2,1-2H3,(H,33,39)(H2,31,32,34,35)/t15-,19?/m0/s1. The number of hydrogen-bond donors (Lipinski definition) is 4. The van der Waals surface area contributed by atoms with Crippen LogP contribution in [0.3, 0.4) is 0 Å². The second-order valence-corrected chi connectivity index (χ2v) is 9.59. The highest BCUT2D eigenvalue weighted by atomic mass is 19.1. The maximum absolute atomic E-state index is 15.2. The van der Waals surface area contributed by atoms with Crippen LogP contribution in [0.2, 0.25) is 0 Å². The Morgan fingerprint density at radius 2 is 1.93 bits per heavy atom. The smallest absolute Gasteiger partial charge is 0.331 e. The van der Waals surface area contributed by atoms with Crippen LogP contribution in [-0.2, 0) is 9.59 Å². The van der Waals surface area contributed by atoms with Crippen molar-refractivity contribution in [2.24, 2.45) is 5.92 Å². The molecule has 0 aliphatic carbocycles. The number of halogens is 2. The maximum Gasteiger partial charge on any atom is 0.331 e. The normalized spacial score (nSPS) is 16.1. The van der Waals surface area contributed by atoms with Crippen LogP contribution in [0.5, 0.6) is 11.5 Å². The summed E-state index contributed by atoms with van der Waals surface area (Å²) in [6, 6.07) is 9.13. The molecule has 1 fully saturated rings. The van der Waals surface area contributed by atoms with Gasteiger partial charge in [-0.15, -0.1) is 0 Å². The number of carbonyl (C=O) groups is 3. The molecular weight excluding hydrogens is 552 g/mol. The third-order valence-corrected chi connectivity index (χ3v) is 6.67. The number of amides is 4. The molecule has 14 heteroatoms. The predicted octanol–water partition coefficient (Wildman–Crippen LogP) is 3.86. The number of ether oxygens (including phenoxy) is 1. The van der Waals surface area contributed by atoms with Gasteiger partial charge in [-0.1, -0.05) is 0 Å². The van der Waals surface area contributed by atoms with Crippen LogP contribution < -0.4 is 20.3 Å². The molecule has 2 aromatic carbocycles. The van der Waals surface area contributed by atoms with Gasteiger partial charge in [0.2, 0.25) is 11.8 Å². The molecule has 4 N–H and O–H groups in total. The van der Waals surface area contributed by atoms with Gasteiger partial charge in [0, 0.05) is 43.1 Å². The zero-order valence-corrected chi connectivity index (χ0v) is 22.6. The van der Waals surface area contributed by atoms with Gasteiger partial charge in [-0.05, 0) is 50.2 Å². The Morgan fingerprint density at radius 1 is 1.17 bits per heavy atom. The lowest BCUT2D eigenvalue weighted by Gasteiger charge is -2.37. The summed E-state index contributed by atoms with van der Waals surface area (Å²) in [6.07, 6.45) is 1.46. The van der Waals surface area contributed by atoms with Gasteiger partial charge in [-0.2, -0.15) is 5.10 Å². The summed E-state index contributed by atoms with van der Waals surface area (Å²) in [4.78, 5) is 45.6. The number of carbonyl (C=O) groups excluding carboxylic acids is 3. The van der Waals surface area contributed by atoms with Gasteiger partial charge in [-0.3, -0.25) is 14.7 Å². The molecule has 5 rings (SSSR count). The number of imide groups is 1. The molecular formula is C28H27F2N7O5. The van der Waals surface area contributed by atoms with Crippen molar-refractivity contribution in [3.63, 3.8) is 0 Å². The third-order valence-electron chi connectivity index (χ3n) is 6.67. The summed E-state index contributed by atoms with van der Waals surface area (Å²) >= 11 is 0. The van der Waals surface area contributed by atoms with Crippen molar-refractivity contribution in [3.8, 4) is 11.5 Å². The number of H-pyrrole nitrogens is 1. The van der Waals surface area contributed by atoms with Crippen molar-refractivity contribution in [1.82, 2.24) is 20.1 Å². The second kappa shape index (κ2) is 11.8. The topological polar surface area (TPSA) is 153 Å². The summed E-state index contributed by atoms with van der Waals surface area (Å²) in [6.45, 7) is 3.36. The molecule has 4 aromatic rings. The van der Waals surface area contributed by atoms with Gasteiger partial charge in [0.05, 0.1) is 12.3 Å².